The predicted molar refractivity (Wildman–Crippen MR) is 126 cm³/mol. The van der Waals surface area contributed by atoms with Gasteiger partial charge in [0.2, 0.25) is 5.91 Å². The smallest absolute Gasteiger partial charge is 0.230 e. The number of ether oxygens (including phenoxy) is 2. The summed E-state index contributed by atoms with van der Waals surface area (Å²) in [6, 6.07) is 10.3. The van der Waals surface area contributed by atoms with Gasteiger partial charge in [-0.15, -0.1) is 0 Å². The van der Waals surface area contributed by atoms with Crippen LogP contribution in [0.25, 0.3) is 0 Å². The lowest BCUT2D eigenvalue weighted by Crippen LogP contribution is -2.61. The van der Waals surface area contributed by atoms with Gasteiger partial charge in [-0.2, -0.15) is 0 Å². The van der Waals surface area contributed by atoms with Crippen molar-refractivity contribution in [1.29, 1.82) is 0 Å². The second-order valence-corrected chi connectivity index (χ2v) is 9.48. The summed E-state index contributed by atoms with van der Waals surface area (Å²) in [5, 5.41) is 3.47. The fourth-order valence-electron chi connectivity index (χ4n) is 5.14. The summed E-state index contributed by atoms with van der Waals surface area (Å²) >= 11 is 0. The van der Waals surface area contributed by atoms with Crippen molar-refractivity contribution in [1.82, 2.24) is 4.98 Å². The topological polar surface area (TPSA) is 66.9 Å². The molecule has 1 aliphatic carbocycles. The monoisotopic (exact) mass is 436 g/mol. The third-order valence-corrected chi connectivity index (χ3v) is 7.28. The van der Waals surface area contributed by atoms with Crippen LogP contribution in [0.15, 0.2) is 36.5 Å². The van der Waals surface area contributed by atoms with Gasteiger partial charge >= 0.3 is 0 Å². The molecule has 0 spiro atoms. The van der Waals surface area contributed by atoms with Gasteiger partial charge in [0.15, 0.2) is 0 Å². The molecule has 170 valence electrons. The lowest BCUT2D eigenvalue weighted by molar-refractivity contribution is -0.124. The van der Waals surface area contributed by atoms with E-state index in [1.165, 1.54) is 0 Å². The number of pyridine rings is 1. The molecule has 1 N–H and O–H groups in total. The molecular weight excluding hydrogens is 404 g/mol. The van der Waals surface area contributed by atoms with E-state index in [4.69, 9.17) is 9.47 Å². The van der Waals surface area contributed by atoms with Crippen molar-refractivity contribution in [2.45, 2.75) is 50.9 Å². The summed E-state index contributed by atoms with van der Waals surface area (Å²) in [7, 11) is 3.53. The quantitative estimate of drug-likeness (QED) is 0.778. The van der Waals surface area contributed by atoms with Crippen LogP contribution in [0.4, 0.5) is 22.9 Å². The van der Waals surface area contributed by atoms with Gasteiger partial charge in [0.1, 0.15) is 5.82 Å². The van der Waals surface area contributed by atoms with Gasteiger partial charge < -0.3 is 24.6 Å². The van der Waals surface area contributed by atoms with Crippen LogP contribution in [0.1, 0.15) is 38.2 Å². The summed E-state index contributed by atoms with van der Waals surface area (Å²) < 4.78 is 11.1. The molecular formula is C25H32N4O3. The summed E-state index contributed by atoms with van der Waals surface area (Å²) in [5.41, 5.74) is 3.87. The molecule has 0 unspecified atom stereocenters. The normalized spacial score (nSPS) is 24.0. The number of fused-ring (bicyclic) bond motifs is 2. The molecule has 0 radical (unpaired) electrons. The van der Waals surface area contributed by atoms with Gasteiger partial charge in [-0.3, -0.25) is 4.79 Å². The molecule has 3 aliphatic rings. The van der Waals surface area contributed by atoms with E-state index < -0.39 is 0 Å². The number of amides is 1. The molecule has 0 atom stereocenters. The molecule has 1 amide bonds. The SMILES string of the molecule is COC1CCC(C(=O)N2Cc3cccnc3Nc3ccc(N4CC(C)(OC)C4)cc32)CC1. The minimum atomic E-state index is -0.110. The molecule has 3 heterocycles. The number of hydrogen-bond donors (Lipinski definition) is 1. The number of carbonyl (C=O) groups is 1. The van der Waals surface area contributed by atoms with E-state index in [-0.39, 0.29) is 23.5 Å². The van der Waals surface area contributed by atoms with E-state index >= 15 is 0 Å². The van der Waals surface area contributed by atoms with Crippen LogP contribution in [-0.2, 0) is 20.8 Å². The van der Waals surface area contributed by atoms with Gasteiger partial charge in [-0.25, -0.2) is 4.98 Å². The van der Waals surface area contributed by atoms with Crippen molar-refractivity contribution in [3.63, 3.8) is 0 Å². The molecule has 2 fully saturated rings. The molecule has 1 saturated carbocycles. The minimum absolute atomic E-state index is 0.0249. The molecule has 7 heteroatoms. The zero-order valence-corrected chi connectivity index (χ0v) is 19.1. The van der Waals surface area contributed by atoms with Crippen LogP contribution in [0.2, 0.25) is 0 Å². The summed E-state index contributed by atoms with van der Waals surface area (Å²) in [5.74, 6) is 1.04. The van der Waals surface area contributed by atoms with E-state index in [0.29, 0.717) is 6.54 Å². The number of rotatable bonds is 4. The lowest BCUT2D eigenvalue weighted by Gasteiger charge is -2.48. The first-order chi connectivity index (χ1) is 15.5. The first-order valence-corrected chi connectivity index (χ1v) is 11.5. The van der Waals surface area contributed by atoms with Crippen LogP contribution in [0.3, 0.4) is 0 Å². The van der Waals surface area contributed by atoms with Crippen molar-refractivity contribution in [3.8, 4) is 0 Å². The maximum absolute atomic E-state index is 13.8. The maximum atomic E-state index is 13.8. The zero-order valence-electron chi connectivity index (χ0n) is 19.1. The third kappa shape index (κ3) is 3.84. The first kappa shape index (κ1) is 21.2. The molecule has 1 aromatic heterocycles. The molecule has 0 bridgehead atoms. The van der Waals surface area contributed by atoms with Gasteiger partial charge in [0, 0.05) is 50.7 Å². The van der Waals surface area contributed by atoms with E-state index in [9.17, 15) is 4.79 Å². The number of aromatic nitrogens is 1. The van der Waals surface area contributed by atoms with Crippen molar-refractivity contribution in [2.75, 3.05) is 42.4 Å². The highest BCUT2D eigenvalue weighted by molar-refractivity contribution is 6.00. The minimum Gasteiger partial charge on any atom is -0.381 e. The Morgan fingerprint density at radius 2 is 1.94 bits per heavy atom. The molecule has 1 aromatic carbocycles. The Bertz CT molecular complexity index is 996. The number of nitrogens with zero attached hydrogens (tertiary/aromatic N) is 3. The average Bonchev–Trinajstić information content (AvgIpc) is 2.98. The average molecular weight is 437 g/mol. The second-order valence-electron chi connectivity index (χ2n) is 9.48. The Hall–Kier alpha value is -2.64. The number of methoxy groups -OCH3 is 2. The van der Waals surface area contributed by atoms with Gasteiger partial charge in [-0.05, 0) is 56.9 Å². The standard InChI is InChI=1S/C25H32N4O3/c1-25(32-3)15-28(16-25)19-8-11-21-22(13-19)29(14-18-5-4-12-26-23(18)27-21)24(30)17-6-9-20(31-2)10-7-17/h4-5,8,11-13,17,20H,6-7,9-10,14-16H2,1-3H3,(H,26,27). The molecule has 7 nitrogen and oxygen atoms in total. The largest absolute Gasteiger partial charge is 0.381 e. The van der Waals surface area contributed by atoms with Crippen LogP contribution in [-0.4, -0.2) is 49.9 Å². The Morgan fingerprint density at radius 1 is 1.16 bits per heavy atom. The zero-order chi connectivity index (χ0) is 22.3. The van der Waals surface area contributed by atoms with E-state index in [2.05, 4.69) is 40.3 Å². The van der Waals surface area contributed by atoms with Crippen molar-refractivity contribution < 1.29 is 14.3 Å². The number of nitrogens with one attached hydrogen (secondary N) is 1. The molecule has 2 aromatic rings. The Labute approximate surface area is 189 Å². The Balaban J connectivity index is 1.47. The summed E-state index contributed by atoms with van der Waals surface area (Å²) in [4.78, 5) is 22.6. The number of anilines is 4. The fourth-order valence-corrected chi connectivity index (χ4v) is 5.14. The number of carbonyl (C=O) groups excluding carboxylic acids is 1. The molecule has 5 rings (SSSR count). The first-order valence-electron chi connectivity index (χ1n) is 11.5. The Kier molecular flexibility index (Phi) is 5.55. The van der Waals surface area contributed by atoms with E-state index in [1.807, 2.05) is 17.0 Å². The molecule has 2 aliphatic heterocycles. The highest BCUT2D eigenvalue weighted by atomic mass is 16.5. The van der Waals surface area contributed by atoms with Gasteiger partial charge in [-0.1, -0.05) is 6.07 Å². The predicted octanol–water partition coefficient (Wildman–Crippen LogP) is 4.10. The molecule has 1 saturated heterocycles. The number of benzene rings is 1. The second kappa shape index (κ2) is 8.37. The van der Waals surface area contributed by atoms with Gasteiger partial charge in [0.05, 0.1) is 29.6 Å². The highest BCUT2D eigenvalue weighted by Crippen LogP contribution is 2.41. The summed E-state index contributed by atoms with van der Waals surface area (Å²) in [6.07, 6.45) is 5.67. The van der Waals surface area contributed by atoms with E-state index in [0.717, 1.165) is 67.2 Å². The van der Waals surface area contributed by atoms with Crippen LogP contribution >= 0.6 is 0 Å². The number of hydrogen-bond acceptors (Lipinski definition) is 6. The van der Waals surface area contributed by atoms with Crippen LogP contribution in [0.5, 0.6) is 0 Å². The van der Waals surface area contributed by atoms with Crippen molar-refractivity contribution in [2.24, 2.45) is 5.92 Å². The lowest BCUT2D eigenvalue weighted by atomic mass is 9.86. The third-order valence-electron chi connectivity index (χ3n) is 7.28. The van der Waals surface area contributed by atoms with Crippen molar-refractivity contribution in [3.05, 3.63) is 42.1 Å². The van der Waals surface area contributed by atoms with Gasteiger partial charge in [0.25, 0.3) is 0 Å². The summed E-state index contributed by atoms with van der Waals surface area (Å²) in [6.45, 7) is 4.33. The van der Waals surface area contributed by atoms with Crippen LogP contribution in [0, 0.1) is 5.92 Å². The van der Waals surface area contributed by atoms with Crippen molar-refractivity contribution >= 4 is 28.8 Å². The van der Waals surface area contributed by atoms with Crippen LogP contribution < -0.4 is 15.1 Å². The fraction of sp³-hybridized carbons (Fsp3) is 0.520. The van der Waals surface area contributed by atoms with E-state index in [1.54, 1.807) is 20.4 Å². The molecule has 32 heavy (non-hydrogen) atoms. The highest BCUT2D eigenvalue weighted by Gasteiger charge is 2.40. The maximum Gasteiger partial charge on any atom is 0.230 e. The Morgan fingerprint density at radius 3 is 2.66 bits per heavy atom.